The van der Waals surface area contributed by atoms with Gasteiger partial charge in [-0.3, -0.25) is 4.79 Å². The summed E-state index contributed by atoms with van der Waals surface area (Å²) in [6, 6.07) is 12.7. The molecule has 0 aliphatic carbocycles. The van der Waals surface area contributed by atoms with Crippen LogP contribution in [0.5, 0.6) is 0 Å². The lowest BCUT2D eigenvalue weighted by molar-refractivity contribution is -0.128. The number of hydrogen-bond donors (Lipinski definition) is 0. The van der Waals surface area contributed by atoms with Crippen molar-refractivity contribution in [3.05, 3.63) is 47.7 Å². The number of amides is 1. The lowest BCUT2D eigenvalue weighted by atomic mass is 9.90. The van der Waals surface area contributed by atoms with Crippen molar-refractivity contribution < 1.29 is 4.79 Å². The first-order valence-corrected chi connectivity index (χ1v) is 10.6. The summed E-state index contributed by atoms with van der Waals surface area (Å²) in [5.41, 5.74) is 1.63. The molecule has 1 aromatic rings. The second kappa shape index (κ2) is 10.9. The summed E-state index contributed by atoms with van der Waals surface area (Å²) in [4.78, 5) is 16.9. The molecule has 1 heterocycles. The maximum absolute atomic E-state index is 12.9. The van der Waals surface area contributed by atoms with Crippen LogP contribution in [0.2, 0.25) is 0 Å². The Morgan fingerprint density at radius 1 is 1.14 bits per heavy atom. The van der Waals surface area contributed by atoms with Crippen LogP contribution >= 0.6 is 0 Å². The molecule has 1 aromatic carbocycles. The predicted molar refractivity (Wildman–Crippen MR) is 114 cm³/mol. The molecular weight excluding hydrogens is 346 g/mol. The Bertz CT molecular complexity index is 670. The summed E-state index contributed by atoms with van der Waals surface area (Å²) in [6.45, 7) is 11.8. The topological polar surface area (TPSA) is 47.3 Å². The highest BCUT2D eigenvalue weighted by molar-refractivity contribution is 5.97. The molecule has 2 rings (SSSR count). The smallest absolute Gasteiger partial charge is 0.266 e. The van der Waals surface area contributed by atoms with Crippen molar-refractivity contribution in [2.45, 2.75) is 47.0 Å². The molecule has 4 heteroatoms. The third kappa shape index (κ3) is 7.03. The fourth-order valence-corrected chi connectivity index (χ4v) is 3.89. The van der Waals surface area contributed by atoms with E-state index in [9.17, 15) is 10.1 Å². The van der Waals surface area contributed by atoms with E-state index in [0.29, 0.717) is 17.8 Å². The molecule has 0 spiro atoms. The molecule has 0 radical (unpaired) electrons. The van der Waals surface area contributed by atoms with Crippen molar-refractivity contribution in [1.82, 2.24) is 9.80 Å². The molecule has 1 saturated heterocycles. The average molecular weight is 382 g/mol. The first-order valence-electron chi connectivity index (χ1n) is 10.6. The third-order valence-corrected chi connectivity index (χ3v) is 5.13. The van der Waals surface area contributed by atoms with Gasteiger partial charge in [-0.15, -0.1) is 0 Å². The van der Waals surface area contributed by atoms with Crippen LogP contribution in [-0.4, -0.2) is 41.9 Å². The van der Waals surface area contributed by atoms with Crippen LogP contribution in [-0.2, 0) is 11.2 Å². The van der Waals surface area contributed by atoms with E-state index in [2.05, 4.69) is 62.9 Å². The molecule has 1 amide bonds. The van der Waals surface area contributed by atoms with Crippen LogP contribution in [0.15, 0.2) is 42.1 Å². The standard InChI is InChI=1S/C24H35N3O/c1-19(2)16-26(17-20(3)4)18-23(15-25)24(28)27-12-10-22(11-13-27)14-21-8-6-5-7-9-21/h5-9,18-20,22H,10-14,16-17H2,1-4H3/b23-18-. The fourth-order valence-electron chi connectivity index (χ4n) is 3.89. The largest absolute Gasteiger partial charge is 0.376 e. The lowest BCUT2D eigenvalue weighted by Crippen LogP contribution is -2.40. The van der Waals surface area contributed by atoms with Gasteiger partial charge in [-0.25, -0.2) is 0 Å². The summed E-state index contributed by atoms with van der Waals surface area (Å²) in [5.74, 6) is 1.47. The minimum absolute atomic E-state index is 0.113. The summed E-state index contributed by atoms with van der Waals surface area (Å²) in [6.07, 6.45) is 4.86. The van der Waals surface area contributed by atoms with Gasteiger partial charge in [0.25, 0.3) is 5.91 Å². The van der Waals surface area contributed by atoms with Crippen LogP contribution < -0.4 is 0 Å². The fraction of sp³-hybridized carbons (Fsp3) is 0.583. The highest BCUT2D eigenvalue weighted by Gasteiger charge is 2.25. The van der Waals surface area contributed by atoms with Gasteiger partial charge in [0.2, 0.25) is 0 Å². The maximum Gasteiger partial charge on any atom is 0.266 e. The highest BCUT2D eigenvalue weighted by Crippen LogP contribution is 2.23. The Kier molecular flexibility index (Phi) is 8.57. The minimum Gasteiger partial charge on any atom is -0.376 e. The van der Waals surface area contributed by atoms with Gasteiger partial charge in [-0.1, -0.05) is 58.0 Å². The number of benzene rings is 1. The Balaban J connectivity index is 1.96. The maximum atomic E-state index is 12.9. The number of carbonyl (C=O) groups is 1. The SMILES string of the molecule is CC(C)CN(/C=C(/C#N)C(=O)N1CCC(Cc2ccccc2)CC1)CC(C)C. The van der Waals surface area contributed by atoms with Gasteiger partial charge in [0.05, 0.1) is 0 Å². The van der Waals surface area contributed by atoms with Gasteiger partial charge in [0, 0.05) is 32.4 Å². The summed E-state index contributed by atoms with van der Waals surface area (Å²) in [7, 11) is 0. The molecule has 0 bridgehead atoms. The second-order valence-electron chi connectivity index (χ2n) is 8.82. The summed E-state index contributed by atoms with van der Waals surface area (Å²) < 4.78 is 0. The quantitative estimate of drug-likeness (QED) is 0.492. The van der Waals surface area contributed by atoms with Crippen molar-refractivity contribution in [1.29, 1.82) is 5.26 Å². The Morgan fingerprint density at radius 3 is 2.21 bits per heavy atom. The van der Waals surface area contributed by atoms with Crippen LogP contribution in [0.3, 0.4) is 0 Å². The summed E-state index contributed by atoms with van der Waals surface area (Å²) in [5, 5.41) is 9.60. The van der Waals surface area contributed by atoms with E-state index in [1.807, 2.05) is 11.0 Å². The van der Waals surface area contributed by atoms with Crippen molar-refractivity contribution >= 4 is 5.91 Å². The Labute approximate surface area is 170 Å². The molecule has 4 nitrogen and oxygen atoms in total. The van der Waals surface area contributed by atoms with Crippen LogP contribution in [0, 0.1) is 29.1 Å². The zero-order chi connectivity index (χ0) is 20.5. The third-order valence-electron chi connectivity index (χ3n) is 5.13. The number of carbonyl (C=O) groups excluding carboxylic acids is 1. The monoisotopic (exact) mass is 381 g/mol. The van der Waals surface area contributed by atoms with E-state index in [-0.39, 0.29) is 11.5 Å². The number of nitriles is 1. The van der Waals surface area contributed by atoms with Gasteiger partial charge in [-0.2, -0.15) is 5.26 Å². The van der Waals surface area contributed by atoms with E-state index < -0.39 is 0 Å². The normalized spacial score (nSPS) is 15.8. The first-order chi connectivity index (χ1) is 13.4. The first kappa shape index (κ1) is 22.0. The molecule has 152 valence electrons. The molecule has 1 aliphatic heterocycles. The number of rotatable bonds is 8. The minimum atomic E-state index is -0.113. The molecule has 0 N–H and O–H groups in total. The predicted octanol–water partition coefficient (Wildman–Crippen LogP) is 4.49. The molecule has 0 atom stereocenters. The van der Waals surface area contributed by atoms with E-state index in [1.165, 1.54) is 5.56 Å². The van der Waals surface area contributed by atoms with Crippen molar-refractivity contribution in [2.75, 3.05) is 26.2 Å². The molecular formula is C24H35N3O. The molecule has 0 saturated carbocycles. The van der Waals surface area contributed by atoms with Gasteiger partial charge >= 0.3 is 0 Å². The van der Waals surface area contributed by atoms with Gasteiger partial charge in [-0.05, 0) is 42.6 Å². The summed E-state index contributed by atoms with van der Waals surface area (Å²) >= 11 is 0. The van der Waals surface area contributed by atoms with Gasteiger partial charge < -0.3 is 9.80 Å². The van der Waals surface area contributed by atoms with Crippen LogP contribution in [0.4, 0.5) is 0 Å². The molecule has 0 aromatic heterocycles. The van der Waals surface area contributed by atoms with Gasteiger partial charge in [0.15, 0.2) is 0 Å². The number of hydrogen-bond acceptors (Lipinski definition) is 3. The van der Waals surface area contributed by atoms with E-state index in [0.717, 1.165) is 45.4 Å². The lowest BCUT2D eigenvalue weighted by Gasteiger charge is -2.32. The number of nitrogens with zero attached hydrogens (tertiary/aromatic N) is 3. The van der Waals surface area contributed by atoms with E-state index in [4.69, 9.17) is 0 Å². The molecule has 28 heavy (non-hydrogen) atoms. The van der Waals surface area contributed by atoms with Crippen molar-refractivity contribution in [3.8, 4) is 6.07 Å². The van der Waals surface area contributed by atoms with E-state index in [1.54, 1.807) is 6.20 Å². The molecule has 0 unspecified atom stereocenters. The van der Waals surface area contributed by atoms with Crippen LogP contribution in [0.25, 0.3) is 0 Å². The van der Waals surface area contributed by atoms with Gasteiger partial charge in [0.1, 0.15) is 11.6 Å². The Hall–Kier alpha value is -2.28. The van der Waals surface area contributed by atoms with Crippen molar-refractivity contribution in [3.63, 3.8) is 0 Å². The Morgan fingerprint density at radius 2 is 1.71 bits per heavy atom. The second-order valence-corrected chi connectivity index (χ2v) is 8.82. The van der Waals surface area contributed by atoms with E-state index >= 15 is 0 Å². The zero-order valence-electron chi connectivity index (χ0n) is 17.9. The van der Waals surface area contributed by atoms with Crippen LogP contribution in [0.1, 0.15) is 46.1 Å². The number of likely N-dealkylation sites (tertiary alicyclic amines) is 1. The molecule has 1 fully saturated rings. The number of piperidine rings is 1. The molecule has 1 aliphatic rings. The van der Waals surface area contributed by atoms with Crippen molar-refractivity contribution in [2.24, 2.45) is 17.8 Å². The highest BCUT2D eigenvalue weighted by atomic mass is 16.2. The zero-order valence-corrected chi connectivity index (χ0v) is 17.9. The average Bonchev–Trinajstić information content (AvgIpc) is 2.66.